The van der Waals surface area contributed by atoms with Crippen LogP contribution in [0.15, 0.2) is 16.4 Å². The molecule has 1 saturated heterocycles. The maximum absolute atomic E-state index is 12.7. The minimum atomic E-state index is 0. The number of carbonyl (C=O) groups excluding carboxylic acids is 1. The number of nitrogens with one attached hydrogen (secondary N) is 2. The summed E-state index contributed by atoms with van der Waals surface area (Å²) in [6.45, 7) is 9.66. The van der Waals surface area contributed by atoms with Crippen LogP contribution in [0.25, 0.3) is 0 Å². The Kier molecular flexibility index (Phi) is 10.9. The first kappa shape index (κ1) is 25.4. The van der Waals surface area contributed by atoms with E-state index in [1.165, 1.54) is 49.2 Å². The number of fused-ring (bicyclic) bond motifs is 1. The zero-order valence-corrected chi connectivity index (χ0v) is 21.8. The van der Waals surface area contributed by atoms with Crippen molar-refractivity contribution in [2.75, 3.05) is 39.8 Å². The summed E-state index contributed by atoms with van der Waals surface area (Å²) >= 11 is 1.80. The third kappa shape index (κ3) is 7.09. The van der Waals surface area contributed by atoms with Crippen LogP contribution in [-0.4, -0.2) is 67.5 Å². The minimum absolute atomic E-state index is 0. The zero-order chi connectivity index (χ0) is 20.6. The third-order valence-corrected chi connectivity index (χ3v) is 7.17. The highest BCUT2D eigenvalue weighted by Crippen LogP contribution is 2.23. The van der Waals surface area contributed by atoms with Gasteiger partial charge in [-0.3, -0.25) is 14.7 Å². The van der Waals surface area contributed by atoms with Gasteiger partial charge in [-0.25, -0.2) is 0 Å². The van der Waals surface area contributed by atoms with Crippen LogP contribution in [-0.2, 0) is 17.8 Å². The number of thiophene rings is 1. The summed E-state index contributed by atoms with van der Waals surface area (Å²) in [5.74, 6) is 1.43. The number of guanidine groups is 1. The molecule has 1 amide bonds. The second kappa shape index (κ2) is 12.9. The van der Waals surface area contributed by atoms with Crippen molar-refractivity contribution < 1.29 is 4.79 Å². The van der Waals surface area contributed by atoms with Crippen molar-refractivity contribution in [3.63, 3.8) is 0 Å². The van der Waals surface area contributed by atoms with Crippen molar-refractivity contribution in [3.05, 3.63) is 21.9 Å². The molecule has 1 fully saturated rings. The first-order valence-corrected chi connectivity index (χ1v) is 12.0. The molecule has 1 unspecified atom stereocenters. The van der Waals surface area contributed by atoms with E-state index in [0.717, 1.165) is 26.1 Å². The predicted molar refractivity (Wildman–Crippen MR) is 137 cm³/mol. The van der Waals surface area contributed by atoms with E-state index in [4.69, 9.17) is 0 Å². The lowest BCUT2D eigenvalue weighted by atomic mass is 10.0. The van der Waals surface area contributed by atoms with Crippen LogP contribution in [0, 0.1) is 5.92 Å². The molecule has 30 heavy (non-hydrogen) atoms. The first-order chi connectivity index (χ1) is 14.1. The van der Waals surface area contributed by atoms with Crippen LogP contribution in [0.2, 0.25) is 0 Å². The number of hydrogen-bond donors (Lipinski definition) is 2. The van der Waals surface area contributed by atoms with Crippen molar-refractivity contribution in [3.8, 4) is 0 Å². The van der Waals surface area contributed by atoms with Gasteiger partial charge in [-0.05, 0) is 55.3 Å². The van der Waals surface area contributed by atoms with Gasteiger partial charge in [-0.15, -0.1) is 35.3 Å². The molecular formula is C22H38IN5OS. The zero-order valence-electron chi connectivity index (χ0n) is 18.7. The smallest absolute Gasteiger partial charge is 0.242 e. The topological polar surface area (TPSA) is 60.0 Å². The number of hydrogen-bond acceptors (Lipinski definition) is 4. The van der Waals surface area contributed by atoms with Crippen molar-refractivity contribution in [1.82, 2.24) is 20.4 Å². The fourth-order valence-corrected chi connectivity index (χ4v) is 5.26. The van der Waals surface area contributed by atoms with Gasteiger partial charge in [0.15, 0.2) is 5.96 Å². The van der Waals surface area contributed by atoms with Crippen LogP contribution in [0.5, 0.6) is 0 Å². The Bertz CT molecular complexity index is 685. The average Bonchev–Trinajstić information content (AvgIpc) is 3.03. The van der Waals surface area contributed by atoms with Gasteiger partial charge in [-0.1, -0.05) is 26.7 Å². The molecule has 1 atom stereocenters. The predicted octanol–water partition coefficient (Wildman–Crippen LogP) is 3.32. The van der Waals surface area contributed by atoms with E-state index >= 15 is 0 Å². The molecule has 0 aromatic carbocycles. The first-order valence-electron chi connectivity index (χ1n) is 11.1. The van der Waals surface area contributed by atoms with Gasteiger partial charge in [0.05, 0.1) is 6.54 Å². The highest BCUT2D eigenvalue weighted by Gasteiger charge is 2.24. The number of aliphatic imine (C=N–C) groups is 1. The van der Waals surface area contributed by atoms with Gasteiger partial charge in [0.2, 0.25) is 5.91 Å². The lowest BCUT2D eigenvalue weighted by Gasteiger charge is -2.34. The van der Waals surface area contributed by atoms with Crippen molar-refractivity contribution in [2.24, 2.45) is 10.9 Å². The largest absolute Gasteiger partial charge is 0.355 e. The highest BCUT2D eigenvalue weighted by atomic mass is 127. The van der Waals surface area contributed by atoms with Gasteiger partial charge >= 0.3 is 0 Å². The van der Waals surface area contributed by atoms with Crippen LogP contribution in [0.4, 0.5) is 0 Å². The minimum Gasteiger partial charge on any atom is -0.355 e. The third-order valence-electron chi connectivity index (χ3n) is 6.15. The molecule has 3 rings (SSSR count). The summed E-state index contributed by atoms with van der Waals surface area (Å²) in [5, 5.41) is 8.82. The number of likely N-dealkylation sites (tertiary alicyclic amines) is 1. The maximum Gasteiger partial charge on any atom is 0.242 e. The van der Waals surface area contributed by atoms with Crippen LogP contribution in [0.3, 0.4) is 0 Å². The summed E-state index contributed by atoms with van der Waals surface area (Å²) < 4.78 is 0. The van der Waals surface area contributed by atoms with Gasteiger partial charge in [0.25, 0.3) is 0 Å². The molecule has 170 valence electrons. The van der Waals surface area contributed by atoms with Gasteiger partial charge in [-0.2, -0.15) is 0 Å². The molecule has 2 aliphatic rings. The second-order valence-electron chi connectivity index (χ2n) is 8.50. The normalized spacial score (nSPS) is 18.9. The van der Waals surface area contributed by atoms with Gasteiger partial charge in [0.1, 0.15) is 0 Å². The molecule has 2 N–H and O–H groups in total. The molecule has 2 aliphatic heterocycles. The molecular weight excluding hydrogens is 509 g/mol. The van der Waals surface area contributed by atoms with Crippen LogP contribution >= 0.6 is 35.3 Å². The second-order valence-corrected chi connectivity index (χ2v) is 9.50. The summed E-state index contributed by atoms with van der Waals surface area (Å²) in [5.41, 5.74) is 1.30. The Morgan fingerprint density at radius 1 is 1.17 bits per heavy atom. The van der Waals surface area contributed by atoms with E-state index in [2.05, 4.69) is 45.8 Å². The van der Waals surface area contributed by atoms with E-state index in [0.29, 0.717) is 17.9 Å². The molecule has 0 aliphatic carbocycles. The van der Waals surface area contributed by atoms with Crippen molar-refractivity contribution in [2.45, 2.75) is 58.5 Å². The molecule has 6 nitrogen and oxygen atoms in total. The van der Waals surface area contributed by atoms with Crippen LogP contribution < -0.4 is 10.6 Å². The molecule has 0 spiro atoms. The van der Waals surface area contributed by atoms with E-state index in [1.54, 1.807) is 18.4 Å². The molecule has 1 aromatic heterocycles. The van der Waals surface area contributed by atoms with E-state index in [1.807, 2.05) is 4.90 Å². The number of rotatable bonds is 6. The van der Waals surface area contributed by atoms with Gasteiger partial charge < -0.3 is 15.5 Å². The monoisotopic (exact) mass is 547 g/mol. The number of carbonyl (C=O) groups is 1. The number of amides is 1. The van der Waals surface area contributed by atoms with E-state index in [9.17, 15) is 4.79 Å². The average molecular weight is 548 g/mol. The lowest BCUT2D eigenvalue weighted by Crippen LogP contribution is -2.51. The Morgan fingerprint density at radius 2 is 1.90 bits per heavy atom. The Balaban J connectivity index is 0.00000320. The van der Waals surface area contributed by atoms with E-state index in [-0.39, 0.29) is 36.4 Å². The summed E-state index contributed by atoms with van der Waals surface area (Å²) in [4.78, 5) is 23.0. The van der Waals surface area contributed by atoms with Crippen molar-refractivity contribution >= 4 is 47.2 Å². The fourth-order valence-electron chi connectivity index (χ4n) is 4.37. The number of nitrogens with zero attached hydrogens (tertiary/aromatic N) is 3. The van der Waals surface area contributed by atoms with E-state index < -0.39 is 0 Å². The molecule has 3 heterocycles. The summed E-state index contributed by atoms with van der Waals surface area (Å²) in [7, 11) is 1.77. The molecule has 0 saturated carbocycles. The molecule has 0 bridgehead atoms. The van der Waals surface area contributed by atoms with Crippen LogP contribution in [0.1, 0.15) is 50.0 Å². The SMILES string of the molecule is CN=C(NCC(=O)N1CCc2sccc2C1)NCC(C(C)C)N1CCCCCC1.I. The Morgan fingerprint density at radius 3 is 2.57 bits per heavy atom. The number of halogens is 1. The Labute approximate surface area is 202 Å². The fraction of sp³-hybridized carbons (Fsp3) is 0.727. The van der Waals surface area contributed by atoms with Crippen molar-refractivity contribution in [1.29, 1.82) is 0 Å². The Hall–Kier alpha value is -0.870. The summed E-state index contributed by atoms with van der Waals surface area (Å²) in [6.07, 6.45) is 6.27. The molecule has 1 aromatic rings. The standard InChI is InChI=1S/C22H37N5OS.HI/c1-17(2)19(26-10-6-4-5-7-11-26)14-24-22(23-3)25-15-21(28)27-12-8-20-18(16-27)9-13-29-20;/h9,13,17,19H,4-8,10-12,14-16H2,1-3H3,(H2,23,24,25);1H. The van der Waals surface area contributed by atoms with Gasteiger partial charge in [0, 0.05) is 37.6 Å². The maximum atomic E-state index is 12.7. The molecule has 0 radical (unpaired) electrons. The highest BCUT2D eigenvalue weighted by molar-refractivity contribution is 14.0. The summed E-state index contributed by atoms with van der Waals surface area (Å²) in [6, 6.07) is 2.63. The molecule has 8 heteroatoms. The lowest BCUT2D eigenvalue weighted by molar-refractivity contribution is -0.130. The quantitative estimate of drug-likeness (QED) is 0.326.